The summed E-state index contributed by atoms with van der Waals surface area (Å²) in [6.45, 7) is 4.05. The Bertz CT molecular complexity index is 1190. The van der Waals surface area contributed by atoms with E-state index in [0.717, 1.165) is 49.0 Å². The van der Waals surface area contributed by atoms with Gasteiger partial charge in [-0.3, -0.25) is 4.79 Å². The number of nitrogens with one attached hydrogen (secondary N) is 2. The van der Waals surface area contributed by atoms with E-state index in [1.807, 2.05) is 42.3 Å². The first kappa shape index (κ1) is 21.0. The van der Waals surface area contributed by atoms with Gasteiger partial charge in [-0.05, 0) is 31.3 Å². The van der Waals surface area contributed by atoms with Gasteiger partial charge < -0.3 is 30.1 Å². The van der Waals surface area contributed by atoms with E-state index in [2.05, 4.69) is 38.5 Å². The van der Waals surface area contributed by atoms with Gasteiger partial charge in [0, 0.05) is 45.0 Å². The number of para-hydroxylation sites is 1. The van der Waals surface area contributed by atoms with Gasteiger partial charge in [-0.2, -0.15) is 4.98 Å². The lowest BCUT2D eigenvalue weighted by atomic mass is 10.1. The van der Waals surface area contributed by atoms with Crippen molar-refractivity contribution in [2.45, 2.75) is 0 Å². The maximum Gasteiger partial charge on any atom is 0.257 e. The Morgan fingerprint density at radius 2 is 1.85 bits per heavy atom. The van der Waals surface area contributed by atoms with Gasteiger partial charge in [-0.1, -0.05) is 12.1 Å². The van der Waals surface area contributed by atoms with Crippen LogP contribution in [0.15, 0.2) is 48.7 Å². The van der Waals surface area contributed by atoms with Crippen LogP contribution in [0.5, 0.6) is 5.75 Å². The van der Waals surface area contributed by atoms with Crippen molar-refractivity contribution in [2.75, 3.05) is 67.8 Å². The summed E-state index contributed by atoms with van der Waals surface area (Å²) in [5.74, 6) is 1.57. The molecule has 2 aliphatic heterocycles. The SMILES string of the molecule is COc1cc(N2CCN(C)CC2)ccc1Nc1ncc2c(n1)N(C)c1ccccc1C(=O)N2. The molecule has 2 N–H and O–H groups in total. The van der Waals surface area contributed by atoms with E-state index in [4.69, 9.17) is 9.72 Å². The number of amides is 1. The highest BCUT2D eigenvalue weighted by Gasteiger charge is 2.24. The number of benzene rings is 2. The Balaban J connectivity index is 1.42. The molecule has 3 aromatic rings. The highest BCUT2D eigenvalue weighted by Crippen LogP contribution is 2.36. The van der Waals surface area contributed by atoms with Crippen LogP contribution in [0, 0.1) is 0 Å². The summed E-state index contributed by atoms with van der Waals surface area (Å²) in [6, 6.07) is 13.6. The number of piperazine rings is 1. The topological polar surface area (TPSA) is 85.9 Å². The predicted octanol–water partition coefficient (Wildman–Crippen LogP) is 3.31. The zero-order chi connectivity index (χ0) is 22.9. The standard InChI is InChI=1S/C24H27N7O2/c1-29-10-12-31(13-11-29)16-8-9-18(21(14-16)33-3)27-24-25-15-19-22(28-24)30(2)20-7-5-4-6-17(20)23(32)26-19/h4-9,14-15H,10-13H2,1-3H3,(H,26,32)(H,25,27,28). The third-order valence-electron chi connectivity index (χ3n) is 6.14. The van der Waals surface area contributed by atoms with E-state index in [1.165, 1.54) is 0 Å². The molecule has 0 saturated carbocycles. The van der Waals surface area contributed by atoms with Crippen molar-refractivity contribution in [3.05, 3.63) is 54.2 Å². The summed E-state index contributed by atoms with van der Waals surface area (Å²) in [5, 5.41) is 6.18. The Morgan fingerprint density at radius 3 is 2.64 bits per heavy atom. The first-order valence-electron chi connectivity index (χ1n) is 10.9. The second-order valence-electron chi connectivity index (χ2n) is 8.26. The third kappa shape index (κ3) is 4.03. The van der Waals surface area contributed by atoms with Crippen LogP contribution in [-0.4, -0.2) is 68.2 Å². The van der Waals surface area contributed by atoms with Crippen molar-refractivity contribution in [2.24, 2.45) is 0 Å². The smallest absolute Gasteiger partial charge is 0.257 e. The zero-order valence-corrected chi connectivity index (χ0v) is 19.0. The number of rotatable bonds is 4. The van der Waals surface area contributed by atoms with Gasteiger partial charge in [0.15, 0.2) is 5.82 Å². The maximum atomic E-state index is 12.6. The molecule has 0 aliphatic carbocycles. The molecule has 0 unspecified atom stereocenters. The fraction of sp³-hybridized carbons (Fsp3) is 0.292. The molecule has 0 radical (unpaired) electrons. The highest BCUT2D eigenvalue weighted by atomic mass is 16.5. The van der Waals surface area contributed by atoms with Gasteiger partial charge in [0.25, 0.3) is 5.91 Å². The Labute approximate surface area is 193 Å². The number of hydrogen-bond acceptors (Lipinski definition) is 8. The van der Waals surface area contributed by atoms with Crippen LogP contribution in [-0.2, 0) is 0 Å². The van der Waals surface area contributed by atoms with Gasteiger partial charge in [-0.15, -0.1) is 0 Å². The number of carbonyl (C=O) groups excluding carboxylic acids is 1. The highest BCUT2D eigenvalue weighted by molar-refractivity contribution is 6.11. The number of aromatic nitrogens is 2. The van der Waals surface area contributed by atoms with Crippen LogP contribution >= 0.6 is 0 Å². The van der Waals surface area contributed by atoms with Crippen LogP contribution in [0.25, 0.3) is 0 Å². The second-order valence-corrected chi connectivity index (χ2v) is 8.26. The molecule has 5 rings (SSSR count). The van der Waals surface area contributed by atoms with Crippen LogP contribution in [0.3, 0.4) is 0 Å². The summed E-state index contributed by atoms with van der Waals surface area (Å²) < 4.78 is 5.66. The Hall–Kier alpha value is -3.85. The minimum absolute atomic E-state index is 0.179. The molecule has 9 nitrogen and oxygen atoms in total. The lowest BCUT2D eigenvalue weighted by Crippen LogP contribution is -2.44. The van der Waals surface area contributed by atoms with Crippen molar-refractivity contribution in [1.29, 1.82) is 0 Å². The van der Waals surface area contributed by atoms with Crippen molar-refractivity contribution < 1.29 is 9.53 Å². The number of carbonyl (C=O) groups is 1. The van der Waals surface area contributed by atoms with Crippen molar-refractivity contribution in [1.82, 2.24) is 14.9 Å². The Morgan fingerprint density at radius 1 is 1.06 bits per heavy atom. The summed E-state index contributed by atoms with van der Waals surface area (Å²) in [5.41, 5.74) is 3.84. The van der Waals surface area contributed by atoms with E-state index in [-0.39, 0.29) is 5.91 Å². The number of hydrogen-bond donors (Lipinski definition) is 2. The molecular formula is C24H27N7O2. The monoisotopic (exact) mass is 445 g/mol. The summed E-state index contributed by atoms with van der Waals surface area (Å²) in [4.78, 5) is 28.3. The molecule has 1 saturated heterocycles. The third-order valence-corrected chi connectivity index (χ3v) is 6.14. The minimum atomic E-state index is -0.179. The normalized spacial score (nSPS) is 15.9. The van der Waals surface area contributed by atoms with E-state index in [9.17, 15) is 4.79 Å². The first-order valence-corrected chi connectivity index (χ1v) is 10.9. The second kappa shape index (κ2) is 8.59. The molecule has 170 valence electrons. The molecule has 33 heavy (non-hydrogen) atoms. The van der Waals surface area contributed by atoms with Gasteiger partial charge in [0.1, 0.15) is 11.4 Å². The summed E-state index contributed by atoms with van der Waals surface area (Å²) in [7, 11) is 5.69. The molecular weight excluding hydrogens is 418 g/mol. The molecule has 0 bridgehead atoms. The molecule has 9 heteroatoms. The number of fused-ring (bicyclic) bond motifs is 2. The molecule has 3 heterocycles. The lowest BCUT2D eigenvalue weighted by Gasteiger charge is -2.34. The maximum absolute atomic E-state index is 12.6. The molecule has 2 aromatic carbocycles. The van der Waals surface area contributed by atoms with Gasteiger partial charge >= 0.3 is 0 Å². The van der Waals surface area contributed by atoms with Crippen molar-refractivity contribution in [3.63, 3.8) is 0 Å². The minimum Gasteiger partial charge on any atom is -0.494 e. The molecule has 0 atom stereocenters. The number of likely N-dealkylation sites (N-methyl/N-ethyl adjacent to an activating group) is 1. The predicted molar refractivity (Wildman–Crippen MR) is 130 cm³/mol. The van der Waals surface area contributed by atoms with Crippen molar-refractivity contribution >= 4 is 40.4 Å². The number of anilines is 6. The molecule has 1 fully saturated rings. The summed E-state index contributed by atoms with van der Waals surface area (Å²) in [6.07, 6.45) is 1.62. The van der Waals surface area contributed by atoms with Gasteiger partial charge in [-0.25, -0.2) is 4.98 Å². The first-order chi connectivity index (χ1) is 16.0. The molecule has 1 amide bonds. The number of methoxy groups -OCH3 is 1. The van der Waals surface area contributed by atoms with Crippen LogP contribution in [0.4, 0.5) is 34.5 Å². The molecule has 1 aromatic heterocycles. The fourth-order valence-corrected chi connectivity index (χ4v) is 4.20. The molecule has 2 aliphatic rings. The number of ether oxygens (including phenoxy) is 1. The average molecular weight is 446 g/mol. The van der Waals surface area contributed by atoms with Gasteiger partial charge in [0.2, 0.25) is 5.95 Å². The Kier molecular flexibility index (Phi) is 5.47. The van der Waals surface area contributed by atoms with E-state index >= 15 is 0 Å². The van der Waals surface area contributed by atoms with E-state index in [0.29, 0.717) is 23.0 Å². The summed E-state index contributed by atoms with van der Waals surface area (Å²) >= 11 is 0. The van der Waals surface area contributed by atoms with Crippen LogP contribution in [0.2, 0.25) is 0 Å². The largest absolute Gasteiger partial charge is 0.494 e. The number of nitrogens with zero attached hydrogens (tertiary/aromatic N) is 5. The fourth-order valence-electron chi connectivity index (χ4n) is 4.20. The van der Waals surface area contributed by atoms with Crippen LogP contribution in [0.1, 0.15) is 10.4 Å². The van der Waals surface area contributed by atoms with Crippen molar-refractivity contribution in [3.8, 4) is 5.75 Å². The lowest BCUT2D eigenvalue weighted by molar-refractivity contribution is 0.102. The van der Waals surface area contributed by atoms with E-state index in [1.54, 1.807) is 19.4 Å². The van der Waals surface area contributed by atoms with E-state index < -0.39 is 0 Å². The average Bonchev–Trinajstić information content (AvgIpc) is 2.95. The zero-order valence-electron chi connectivity index (χ0n) is 19.0. The van der Waals surface area contributed by atoms with Crippen LogP contribution < -0.4 is 25.2 Å². The molecule has 0 spiro atoms. The quantitative estimate of drug-likeness (QED) is 0.633. The van der Waals surface area contributed by atoms with Gasteiger partial charge in [0.05, 0.1) is 30.2 Å².